The molecule has 0 bridgehead atoms. The first-order valence-corrected chi connectivity index (χ1v) is 5.95. The van der Waals surface area contributed by atoms with Crippen LogP contribution in [-0.2, 0) is 11.2 Å². The molecule has 0 aliphatic heterocycles. The number of hydrogen-bond acceptors (Lipinski definition) is 3. The Kier molecular flexibility index (Phi) is 3.67. The SMILES string of the molecule is N[C@@H](Cc1ccncc1)C(=O)C1CCCC1. The van der Waals surface area contributed by atoms with Gasteiger partial charge < -0.3 is 5.73 Å². The standard InChI is InChI=1S/C13H18N2O/c14-12(9-10-5-7-15-8-6-10)13(16)11-3-1-2-4-11/h5-8,11-12H,1-4,9,14H2/t12-/m0/s1. The van der Waals surface area contributed by atoms with Crippen molar-refractivity contribution < 1.29 is 4.79 Å². The van der Waals surface area contributed by atoms with Crippen molar-refractivity contribution in [3.63, 3.8) is 0 Å². The van der Waals surface area contributed by atoms with Crippen LogP contribution in [0.25, 0.3) is 0 Å². The van der Waals surface area contributed by atoms with Gasteiger partial charge in [0.05, 0.1) is 6.04 Å². The minimum Gasteiger partial charge on any atom is -0.321 e. The van der Waals surface area contributed by atoms with Crippen molar-refractivity contribution in [1.82, 2.24) is 4.98 Å². The Morgan fingerprint density at radius 2 is 2.00 bits per heavy atom. The molecular weight excluding hydrogens is 200 g/mol. The molecule has 2 N–H and O–H groups in total. The van der Waals surface area contributed by atoms with E-state index in [1.54, 1.807) is 12.4 Å². The van der Waals surface area contributed by atoms with Gasteiger partial charge in [-0.15, -0.1) is 0 Å². The van der Waals surface area contributed by atoms with E-state index in [1.165, 1.54) is 12.8 Å². The van der Waals surface area contributed by atoms with Crippen LogP contribution in [0.2, 0.25) is 0 Å². The summed E-state index contributed by atoms with van der Waals surface area (Å²) in [5, 5.41) is 0. The highest BCUT2D eigenvalue weighted by molar-refractivity contribution is 5.86. The smallest absolute Gasteiger partial charge is 0.152 e. The topological polar surface area (TPSA) is 56.0 Å². The van der Waals surface area contributed by atoms with Gasteiger partial charge in [0, 0.05) is 18.3 Å². The van der Waals surface area contributed by atoms with E-state index >= 15 is 0 Å². The minimum absolute atomic E-state index is 0.219. The van der Waals surface area contributed by atoms with Crippen LogP contribution >= 0.6 is 0 Å². The molecule has 0 spiro atoms. The molecule has 1 aliphatic carbocycles. The number of aromatic nitrogens is 1. The van der Waals surface area contributed by atoms with E-state index in [4.69, 9.17) is 5.73 Å². The summed E-state index contributed by atoms with van der Waals surface area (Å²) < 4.78 is 0. The Labute approximate surface area is 96.1 Å². The molecule has 1 saturated carbocycles. The van der Waals surface area contributed by atoms with Crippen molar-refractivity contribution in [2.75, 3.05) is 0 Å². The highest BCUT2D eigenvalue weighted by atomic mass is 16.1. The maximum Gasteiger partial charge on any atom is 0.152 e. The number of carbonyl (C=O) groups excluding carboxylic acids is 1. The number of ketones is 1. The number of hydrogen-bond donors (Lipinski definition) is 1. The molecule has 1 aliphatic rings. The van der Waals surface area contributed by atoms with Gasteiger partial charge in [-0.1, -0.05) is 12.8 Å². The number of rotatable bonds is 4. The van der Waals surface area contributed by atoms with Gasteiger partial charge in [0.25, 0.3) is 0 Å². The number of carbonyl (C=O) groups is 1. The lowest BCUT2D eigenvalue weighted by Gasteiger charge is -2.15. The third-order valence-electron chi connectivity index (χ3n) is 3.33. The second-order valence-corrected chi connectivity index (χ2v) is 4.55. The molecule has 2 rings (SSSR count). The molecule has 0 unspecified atom stereocenters. The normalized spacial score (nSPS) is 18.6. The maximum atomic E-state index is 12.0. The number of pyridine rings is 1. The van der Waals surface area contributed by atoms with Crippen LogP contribution in [0.4, 0.5) is 0 Å². The first kappa shape index (κ1) is 11.3. The fourth-order valence-corrected chi connectivity index (χ4v) is 2.39. The highest BCUT2D eigenvalue weighted by Crippen LogP contribution is 2.26. The minimum atomic E-state index is -0.342. The van der Waals surface area contributed by atoms with Gasteiger partial charge in [0.1, 0.15) is 0 Å². The van der Waals surface area contributed by atoms with E-state index in [2.05, 4.69) is 4.98 Å². The molecule has 1 heterocycles. The lowest BCUT2D eigenvalue weighted by Crippen LogP contribution is -2.36. The fraction of sp³-hybridized carbons (Fsp3) is 0.538. The summed E-state index contributed by atoms with van der Waals surface area (Å²) in [4.78, 5) is 16.0. The van der Waals surface area contributed by atoms with Crippen molar-refractivity contribution in [3.05, 3.63) is 30.1 Å². The molecule has 0 radical (unpaired) electrons. The second-order valence-electron chi connectivity index (χ2n) is 4.55. The highest BCUT2D eigenvalue weighted by Gasteiger charge is 2.26. The fourth-order valence-electron chi connectivity index (χ4n) is 2.39. The Bertz CT molecular complexity index is 344. The summed E-state index contributed by atoms with van der Waals surface area (Å²) in [5.41, 5.74) is 7.05. The summed E-state index contributed by atoms with van der Waals surface area (Å²) in [5.74, 6) is 0.464. The second kappa shape index (κ2) is 5.21. The number of nitrogens with two attached hydrogens (primary N) is 1. The Hall–Kier alpha value is -1.22. The largest absolute Gasteiger partial charge is 0.321 e. The molecule has 1 atom stereocenters. The quantitative estimate of drug-likeness (QED) is 0.837. The zero-order valence-corrected chi connectivity index (χ0v) is 9.43. The van der Waals surface area contributed by atoms with Crippen molar-refractivity contribution in [2.45, 2.75) is 38.1 Å². The number of nitrogens with zero attached hydrogens (tertiary/aromatic N) is 1. The van der Waals surface area contributed by atoms with Crippen LogP contribution in [0.15, 0.2) is 24.5 Å². The van der Waals surface area contributed by atoms with Crippen molar-refractivity contribution in [3.8, 4) is 0 Å². The summed E-state index contributed by atoms with van der Waals surface area (Å²) in [6, 6.07) is 3.49. The van der Waals surface area contributed by atoms with E-state index in [0.29, 0.717) is 6.42 Å². The predicted molar refractivity (Wildman–Crippen MR) is 62.9 cm³/mol. The Balaban J connectivity index is 1.92. The van der Waals surface area contributed by atoms with Crippen LogP contribution in [0, 0.1) is 5.92 Å². The lowest BCUT2D eigenvalue weighted by molar-refractivity contribution is -0.123. The van der Waals surface area contributed by atoms with Crippen molar-refractivity contribution in [1.29, 1.82) is 0 Å². The Morgan fingerprint density at radius 3 is 2.62 bits per heavy atom. The van der Waals surface area contributed by atoms with Crippen LogP contribution in [-0.4, -0.2) is 16.8 Å². The summed E-state index contributed by atoms with van der Waals surface area (Å²) in [6.45, 7) is 0. The molecule has 86 valence electrons. The first-order chi connectivity index (χ1) is 7.77. The molecule has 16 heavy (non-hydrogen) atoms. The molecule has 0 amide bonds. The summed E-state index contributed by atoms with van der Waals surface area (Å²) in [6.07, 6.45) is 8.53. The lowest BCUT2D eigenvalue weighted by atomic mass is 9.93. The summed E-state index contributed by atoms with van der Waals surface area (Å²) in [7, 11) is 0. The molecule has 3 nitrogen and oxygen atoms in total. The number of Topliss-reactive ketones (excluding diaryl/α,β-unsaturated/α-hetero) is 1. The van der Waals surface area contributed by atoms with E-state index in [0.717, 1.165) is 18.4 Å². The molecule has 1 aromatic heterocycles. The van der Waals surface area contributed by atoms with E-state index in [1.807, 2.05) is 12.1 Å². The van der Waals surface area contributed by atoms with Gasteiger partial charge in [-0.3, -0.25) is 9.78 Å². The van der Waals surface area contributed by atoms with Gasteiger partial charge in [-0.2, -0.15) is 0 Å². The zero-order chi connectivity index (χ0) is 11.4. The van der Waals surface area contributed by atoms with Crippen molar-refractivity contribution >= 4 is 5.78 Å². The van der Waals surface area contributed by atoms with E-state index in [-0.39, 0.29) is 17.7 Å². The van der Waals surface area contributed by atoms with Gasteiger partial charge in [0.15, 0.2) is 5.78 Å². The van der Waals surface area contributed by atoms with Crippen LogP contribution in [0.5, 0.6) is 0 Å². The first-order valence-electron chi connectivity index (χ1n) is 5.95. The molecule has 0 aromatic carbocycles. The third-order valence-corrected chi connectivity index (χ3v) is 3.33. The van der Waals surface area contributed by atoms with Crippen LogP contribution in [0.1, 0.15) is 31.2 Å². The van der Waals surface area contributed by atoms with Crippen molar-refractivity contribution in [2.24, 2.45) is 11.7 Å². The van der Waals surface area contributed by atoms with Gasteiger partial charge in [-0.05, 0) is 37.0 Å². The van der Waals surface area contributed by atoms with Gasteiger partial charge in [-0.25, -0.2) is 0 Å². The molecule has 0 saturated heterocycles. The average molecular weight is 218 g/mol. The molecule has 1 aromatic rings. The maximum absolute atomic E-state index is 12.0. The van der Waals surface area contributed by atoms with E-state index in [9.17, 15) is 4.79 Å². The molecule has 3 heteroatoms. The molecular formula is C13H18N2O. The average Bonchev–Trinajstić information content (AvgIpc) is 2.83. The van der Waals surface area contributed by atoms with E-state index < -0.39 is 0 Å². The molecule has 1 fully saturated rings. The van der Waals surface area contributed by atoms with Gasteiger partial charge >= 0.3 is 0 Å². The van der Waals surface area contributed by atoms with Crippen LogP contribution < -0.4 is 5.73 Å². The monoisotopic (exact) mass is 218 g/mol. The van der Waals surface area contributed by atoms with Gasteiger partial charge in [0.2, 0.25) is 0 Å². The van der Waals surface area contributed by atoms with Crippen LogP contribution in [0.3, 0.4) is 0 Å². The Morgan fingerprint density at radius 1 is 1.38 bits per heavy atom. The summed E-state index contributed by atoms with van der Waals surface area (Å²) >= 11 is 0. The predicted octanol–water partition coefficient (Wildman–Crippen LogP) is 1.71. The third kappa shape index (κ3) is 2.67. The zero-order valence-electron chi connectivity index (χ0n) is 9.43.